The SMILES string of the molecule is CCCCCCCCCCCC[CH2][Sn][CH2]CCCCCCCCCCCC.c1ccsc1. The summed E-state index contributed by atoms with van der Waals surface area (Å²) in [6.45, 7) is 4.61. The Morgan fingerprint density at radius 1 is 0.406 bits per heavy atom. The van der Waals surface area contributed by atoms with Gasteiger partial charge in [-0.3, -0.25) is 0 Å². The van der Waals surface area contributed by atoms with Crippen molar-refractivity contribution in [2.45, 2.75) is 164 Å². The molecular weight excluding hydrogens is 511 g/mol. The first-order valence-electron chi connectivity index (χ1n) is 14.6. The average molecular weight is 570 g/mol. The Morgan fingerprint density at radius 3 is 0.938 bits per heavy atom. The topological polar surface area (TPSA) is 0 Å². The molecule has 0 amide bonds. The van der Waals surface area contributed by atoms with Crippen LogP contribution in [0, 0.1) is 0 Å². The molecular formula is C30H58SSn. The van der Waals surface area contributed by atoms with E-state index < -0.39 is 0 Å². The summed E-state index contributed by atoms with van der Waals surface area (Å²) in [6.07, 6.45) is 32.8. The van der Waals surface area contributed by atoms with E-state index in [0.717, 1.165) is 0 Å². The molecule has 1 aromatic heterocycles. The van der Waals surface area contributed by atoms with Gasteiger partial charge in [-0.25, -0.2) is 0 Å². The van der Waals surface area contributed by atoms with Crippen molar-refractivity contribution < 1.29 is 0 Å². The van der Waals surface area contributed by atoms with Crippen molar-refractivity contribution in [2.24, 2.45) is 0 Å². The van der Waals surface area contributed by atoms with Crippen molar-refractivity contribution in [1.29, 1.82) is 0 Å². The first kappa shape index (κ1) is 32.5. The molecule has 0 aliphatic carbocycles. The van der Waals surface area contributed by atoms with Crippen LogP contribution in [-0.4, -0.2) is 21.1 Å². The smallest absolute Gasteiger partial charge is 0.152 e. The van der Waals surface area contributed by atoms with Crippen molar-refractivity contribution >= 4 is 32.5 Å². The van der Waals surface area contributed by atoms with Crippen molar-refractivity contribution in [3.63, 3.8) is 0 Å². The molecule has 1 heterocycles. The Hall–Kier alpha value is 0.499. The maximum absolute atomic E-state index is 2.31. The molecule has 0 unspecified atom stereocenters. The fourth-order valence-corrected chi connectivity index (χ4v) is 8.20. The van der Waals surface area contributed by atoms with Crippen molar-refractivity contribution in [3.8, 4) is 0 Å². The summed E-state index contributed by atoms with van der Waals surface area (Å²) in [4.78, 5) is 0. The third-order valence-corrected chi connectivity index (χ3v) is 11.0. The summed E-state index contributed by atoms with van der Waals surface area (Å²) in [7, 11) is 0. The normalized spacial score (nSPS) is 10.8. The first-order chi connectivity index (χ1) is 15.9. The minimum atomic E-state index is 0.0315. The number of thiophene rings is 1. The molecule has 0 aromatic carbocycles. The zero-order valence-corrected chi connectivity index (χ0v) is 25.9. The van der Waals surface area contributed by atoms with Crippen LogP contribution in [-0.2, 0) is 0 Å². The maximum atomic E-state index is 2.31. The van der Waals surface area contributed by atoms with E-state index in [1.54, 1.807) is 33.1 Å². The molecule has 0 atom stereocenters. The summed E-state index contributed by atoms with van der Waals surface area (Å²) >= 11 is 1.74. The van der Waals surface area contributed by atoms with Gasteiger partial charge in [-0.2, -0.15) is 11.3 Å². The second-order valence-electron chi connectivity index (χ2n) is 9.61. The Balaban J connectivity index is 0.00000167. The summed E-state index contributed by atoms with van der Waals surface area (Å²) in [5.74, 6) is 0. The molecule has 32 heavy (non-hydrogen) atoms. The van der Waals surface area contributed by atoms with E-state index in [0.29, 0.717) is 0 Å². The fourth-order valence-electron chi connectivity index (χ4n) is 4.18. The van der Waals surface area contributed by atoms with Gasteiger partial charge in [0.05, 0.1) is 0 Å². The second kappa shape index (κ2) is 31.5. The molecule has 0 bridgehead atoms. The van der Waals surface area contributed by atoms with Crippen molar-refractivity contribution in [3.05, 3.63) is 22.9 Å². The molecule has 0 spiro atoms. The number of hydrogen-bond acceptors (Lipinski definition) is 1. The van der Waals surface area contributed by atoms with Gasteiger partial charge in [0.1, 0.15) is 0 Å². The van der Waals surface area contributed by atoms with Gasteiger partial charge in [0.15, 0.2) is 0 Å². The molecule has 0 saturated carbocycles. The van der Waals surface area contributed by atoms with Crippen LogP contribution in [0.4, 0.5) is 0 Å². The summed E-state index contributed by atoms with van der Waals surface area (Å²) in [5, 5.41) is 4.08. The predicted molar refractivity (Wildman–Crippen MR) is 153 cm³/mol. The fraction of sp³-hybridized carbons (Fsp3) is 0.867. The predicted octanol–water partition coefficient (Wildman–Crippen LogP) is 11.9. The van der Waals surface area contributed by atoms with Gasteiger partial charge in [0.25, 0.3) is 0 Å². The second-order valence-corrected chi connectivity index (χ2v) is 14.7. The van der Waals surface area contributed by atoms with Crippen molar-refractivity contribution in [1.82, 2.24) is 0 Å². The quantitative estimate of drug-likeness (QED) is 0.0858. The first-order valence-corrected chi connectivity index (χ1v) is 19.6. The molecule has 0 saturated heterocycles. The van der Waals surface area contributed by atoms with E-state index in [9.17, 15) is 0 Å². The monoisotopic (exact) mass is 570 g/mol. The number of rotatable bonds is 24. The summed E-state index contributed by atoms with van der Waals surface area (Å²) in [6, 6.07) is 4.04. The Kier molecular flexibility index (Phi) is 32.0. The van der Waals surface area contributed by atoms with Gasteiger partial charge in [-0.1, -0.05) is 26.0 Å². The van der Waals surface area contributed by atoms with Crippen molar-refractivity contribution in [2.75, 3.05) is 0 Å². The summed E-state index contributed by atoms with van der Waals surface area (Å²) in [5.41, 5.74) is 0. The molecule has 0 N–H and O–H groups in total. The molecule has 2 radical (unpaired) electrons. The van der Waals surface area contributed by atoms with E-state index in [4.69, 9.17) is 0 Å². The van der Waals surface area contributed by atoms with E-state index in [1.807, 2.05) is 22.9 Å². The van der Waals surface area contributed by atoms with Crippen LogP contribution in [0.3, 0.4) is 0 Å². The van der Waals surface area contributed by atoms with E-state index in [1.165, 1.54) is 128 Å². The van der Waals surface area contributed by atoms with E-state index in [-0.39, 0.29) is 21.1 Å². The molecule has 0 aliphatic heterocycles. The minimum absolute atomic E-state index is 0.0315. The van der Waals surface area contributed by atoms with Gasteiger partial charge < -0.3 is 0 Å². The minimum Gasteiger partial charge on any atom is -0.152 e. The standard InChI is InChI=1S/2C13H27.C4H4S.Sn/c2*1-3-5-7-9-11-13-12-10-8-6-4-2;1-2-4-5-3-1;/h2*1,3-13H2,2H3;1-4H;. The molecule has 0 fully saturated rings. The third kappa shape index (κ3) is 30.5. The Labute approximate surface area is 218 Å². The molecule has 2 heteroatoms. The molecule has 1 rings (SSSR count). The van der Waals surface area contributed by atoms with E-state index >= 15 is 0 Å². The van der Waals surface area contributed by atoms with Gasteiger partial charge >= 0.3 is 171 Å². The molecule has 0 aliphatic rings. The van der Waals surface area contributed by atoms with Crippen LogP contribution in [0.5, 0.6) is 0 Å². The van der Waals surface area contributed by atoms with Crippen LogP contribution in [0.25, 0.3) is 0 Å². The Morgan fingerprint density at radius 2 is 0.688 bits per heavy atom. The van der Waals surface area contributed by atoms with Gasteiger partial charge in [-0.05, 0) is 10.8 Å². The molecule has 188 valence electrons. The van der Waals surface area contributed by atoms with Crippen LogP contribution < -0.4 is 0 Å². The zero-order chi connectivity index (χ0) is 23.2. The van der Waals surface area contributed by atoms with Crippen LogP contribution in [0.1, 0.15) is 155 Å². The van der Waals surface area contributed by atoms with Crippen LogP contribution in [0.2, 0.25) is 8.87 Å². The average Bonchev–Trinajstić information content (AvgIpc) is 3.40. The van der Waals surface area contributed by atoms with Crippen LogP contribution in [0.15, 0.2) is 22.9 Å². The Bertz CT molecular complexity index is 348. The molecule has 1 aromatic rings. The molecule has 0 nitrogen and oxygen atoms in total. The van der Waals surface area contributed by atoms with Gasteiger partial charge in [0.2, 0.25) is 0 Å². The van der Waals surface area contributed by atoms with Gasteiger partial charge in [0, 0.05) is 0 Å². The van der Waals surface area contributed by atoms with Crippen LogP contribution >= 0.6 is 11.3 Å². The number of unbranched alkanes of at least 4 members (excludes halogenated alkanes) is 20. The van der Waals surface area contributed by atoms with E-state index in [2.05, 4.69) is 13.8 Å². The van der Waals surface area contributed by atoms with Gasteiger partial charge in [-0.15, -0.1) is 0 Å². The third-order valence-electron chi connectivity index (χ3n) is 6.34. The summed E-state index contributed by atoms with van der Waals surface area (Å²) < 4.78 is 3.33. The number of hydrogen-bond donors (Lipinski definition) is 0. The zero-order valence-electron chi connectivity index (χ0n) is 22.2.